The molecule has 2 aromatic carbocycles. The van der Waals surface area contributed by atoms with Gasteiger partial charge in [-0.15, -0.1) is 0 Å². The van der Waals surface area contributed by atoms with Crippen molar-refractivity contribution in [3.63, 3.8) is 0 Å². The van der Waals surface area contributed by atoms with E-state index in [0.29, 0.717) is 17.0 Å². The molecule has 1 saturated carbocycles. The molecule has 0 atom stereocenters. The number of benzene rings is 2. The van der Waals surface area contributed by atoms with E-state index < -0.39 is 0 Å². The van der Waals surface area contributed by atoms with Crippen molar-refractivity contribution in [1.82, 2.24) is 0 Å². The number of carbonyl (C=O) groups excluding carboxylic acids is 1. The normalized spacial score (nSPS) is 21.2. The minimum absolute atomic E-state index is 0.0268. The van der Waals surface area contributed by atoms with Crippen LogP contribution < -0.4 is 0 Å². The summed E-state index contributed by atoms with van der Waals surface area (Å²) in [5, 5.41) is 0. The van der Waals surface area contributed by atoms with Crippen molar-refractivity contribution in [2.24, 2.45) is 5.92 Å². The van der Waals surface area contributed by atoms with Gasteiger partial charge in [-0.2, -0.15) is 0 Å². The molecule has 0 aromatic heterocycles. The van der Waals surface area contributed by atoms with Crippen LogP contribution in [0.25, 0.3) is 11.1 Å². The Hall–Kier alpha value is -1.96. The molecule has 0 aliphatic heterocycles. The molecular weight excluding hydrogens is 287 g/mol. The van der Waals surface area contributed by atoms with E-state index in [0.717, 1.165) is 29.9 Å². The van der Waals surface area contributed by atoms with E-state index >= 15 is 0 Å². The number of hydrogen-bond acceptors (Lipinski definition) is 1. The minimum atomic E-state index is -0.170. The second-order valence-corrected chi connectivity index (χ2v) is 6.83. The first-order chi connectivity index (χ1) is 11.0. The topological polar surface area (TPSA) is 17.1 Å². The van der Waals surface area contributed by atoms with Crippen LogP contribution in [-0.4, -0.2) is 5.78 Å². The maximum absolute atomic E-state index is 14.6. The number of hydrogen-bond donors (Lipinski definition) is 0. The van der Waals surface area contributed by atoms with Crippen molar-refractivity contribution < 1.29 is 9.18 Å². The fourth-order valence-electron chi connectivity index (χ4n) is 3.50. The highest BCUT2D eigenvalue weighted by Gasteiger charge is 2.20. The molecule has 1 aliphatic carbocycles. The van der Waals surface area contributed by atoms with Crippen molar-refractivity contribution >= 4 is 5.78 Å². The number of ketones is 1. The van der Waals surface area contributed by atoms with Gasteiger partial charge in [0.2, 0.25) is 0 Å². The van der Waals surface area contributed by atoms with Crippen LogP contribution in [0.15, 0.2) is 42.5 Å². The molecule has 0 amide bonds. The highest BCUT2D eigenvalue weighted by molar-refractivity contribution is 5.94. The van der Waals surface area contributed by atoms with Crippen LogP contribution in [0.4, 0.5) is 4.39 Å². The Labute approximate surface area is 137 Å². The van der Waals surface area contributed by atoms with Crippen LogP contribution in [0.1, 0.15) is 61.4 Å². The van der Waals surface area contributed by atoms with Gasteiger partial charge in [0, 0.05) is 11.1 Å². The third kappa shape index (κ3) is 3.52. The van der Waals surface area contributed by atoms with Crippen LogP contribution in [0.2, 0.25) is 0 Å². The number of Topliss-reactive ketones (excluding diaryl/α,β-unsaturated/α-hetero) is 1. The molecule has 1 fully saturated rings. The van der Waals surface area contributed by atoms with Gasteiger partial charge in [0.15, 0.2) is 5.78 Å². The lowest BCUT2D eigenvalue weighted by molar-refractivity contribution is 0.101. The third-order valence-electron chi connectivity index (χ3n) is 5.08. The second kappa shape index (κ2) is 6.66. The Balaban J connectivity index is 1.83. The SMILES string of the molecule is CC(=O)c1ccc(-c2ccc([C@H]3CC[C@H](C)CC3)cc2F)cc1. The van der Waals surface area contributed by atoms with Gasteiger partial charge < -0.3 is 0 Å². The van der Waals surface area contributed by atoms with Gasteiger partial charge in [-0.1, -0.05) is 56.2 Å². The Morgan fingerprint density at radius 3 is 2.22 bits per heavy atom. The summed E-state index contributed by atoms with van der Waals surface area (Å²) in [7, 11) is 0. The van der Waals surface area contributed by atoms with Crippen molar-refractivity contribution in [2.45, 2.75) is 45.4 Å². The van der Waals surface area contributed by atoms with Crippen LogP contribution in [0, 0.1) is 11.7 Å². The molecule has 0 N–H and O–H groups in total. The summed E-state index contributed by atoms with van der Waals surface area (Å²) in [6.45, 7) is 3.83. The fourth-order valence-corrected chi connectivity index (χ4v) is 3.50. The maximum atomic E-state index is 14.6. The summed E-state index contributed by atoms with van der Waals surface area (Å²) in [5.74, 6) is 1.15. The van der Waals surface area contributed by atoms with Crippen LogP contribution in [-0.2, 0) is 0 Å². The molecule has 2 aromatic rings. The standard InChI is InChI=1S/C21H23FO/c1-14-3-5-17(6-4-14)19-11-12-20(21(22)13-19)18-9-7-16(8-10-18)15(2)23/h7-14,17H,3-6H2,1-2H3/t14-,17-. The number of carbonyl (C=O) groups is 1. The predicted molar refractivity (Wildman–Crippen MR) is 92.2 cm³/mol. The zero-order valence-corrected chi connectivity index (χ0v) is 13.8. The average Bonchev–Trinajstić information content (AvgIpc) is 2.55. The summed E-state index contributed by atoms with van der Waals surface area (Å²) in [5.41, 5.74) is 3.20. The van der Waals surface area contributed by atoms with E-state index in [4.69, 9.17) is 0 Å². The Bertz CT molecular complexity index is 694. The van der Waals surface area contributed by atoms with Crippen molar-refractivity contribution in [3.05, 3.63) is 59.4 Å². The smallest absolute Gasteiger partial charge is 0.159 e. The first kappa shape index (κ1) is 15.9. The summed E-state index contributed by atoms with van der Waals surface area (Å²) in [6.07, 6.45) is 4.79. The molecular formula is C21H23FO. The van der Waals surface area contributed by atoms with Gasteiger partial charge in [-0.25, -0.2) is 4.39 Å². The zero-order chi connectivity index (χ0) is 16.4. The monoisotopic (exact) mass is 310 g/mol. The zero-order valence-electron chi connectivity index (χ0n) is 13.8. The Morgan fingerprint density at radius 2 is 1.65 bits per heavy atom. The molecule has 0 radical (unpaired) electrons. The molecule has 0 saturated heterocycles. The largest absolute Gasteiger partial charge is 0.295 e. The number of rotatable bonds is 3. The molecule has 3 rings (SSSR count). The van der Waals surface area contributed by atoms with E-state index in [9.17, 15) is 9.18 Å². The molecule has 2 heteroatoms. The highest BCUT2D eigenvalue weighted by Crippen LogP contribution is 2.37. The fraction of sp³-hybridized carbons (Fsp3) is 0.381. The van der Waals surface area contributed by atoms with Crippen LogP contribution >= 0.6 is 0 Å². The van der Waals surface area contributed by atoms with Crippen molar-refractivity contribution in [3.8, 4) is 11.1 Å². The van der Waals surface area contributed by atoms with E-state index in [1.54, 1.807) is 18.2 Å². The van der Waals surface area contributed by atoms with Crippen LogP contribution in [0.5, 0.6) is 0 Å². The van der Waals surface area contributed by atoms with Crippen molar-refractivity contribution in [1.29, 1.82) is 0 Å². The molecule has 1 nitrogen and oxygen atoms in total. The summed E-state index contributed by atoms with van der Waals surface area (Å²) < 4.78 is 14.6. The first-order valence-corrected chi connectivity index (χ1v) is 8.45. The van der Waals surface area contributed by atoms with Crippen molar-refractivity contribution in [2.75, 3.05) is 0 Å². The summed E-state index contributed by atoms with van der Waals surface area (Å²) in [4.78, 5) is 11.3. The quantitative estimate of drug-likeness (QED) is 0.636. The van der Waals surface area contributed by atoms with Crippen LogP contribution in [0.3, 0.4) is 0 Å². The molecule has 0 bridgehead atoms. The third-order valence-corrected chi connectivity index (χ3v) is 5.08. The predicted octanol–water partition coefficient (Wildman–Crippen LogP) is 5.99. The highest BCUT2D eigenvalue weighted by atomic mass is 19.1. The Kier molecular flexibility index (Phi) is 4.61. The lowest BCUT2D eigenvalue weighted by Gasteiger charge is -2.26. The van der Waals surface area contributed by atoms with E-state index in [1.165, 1.54) is 19.8 Å². The molecule has 0 heterocycles. The maximum Gasteiger partial charge on any atom is 0.159 e. The molecule has 23 heavy (non-hydrogen) atoms. The van der Waals surface area contributed by atoms with Gasteiger partial charge in [-0.3, -0.25) is 4.79 Å². The van der Waals surface area contributed by atoms with Gasteiger partial charge >= 0.3 is 0 Å². The van der Waals surface area contributed by atoms with Gasteiger partial charge in [0.1, 0.15) is 5.82 Å². The van der Waals surface area contributed by atoms with Gasteiger partial charge in [0.05, 0.1) is 0 Å². The van der Waals surface area contributed by atoms with E-state index in [2.05, 4.69) is 13.0 Å². The number of halogens is 1. The summed E-state index contributed by atoms with van der Waals surface area (Å²) >= 11 is 0. The minimum Gasteiger partial charge on any atom is -0.295 e. The van der Waals surface area contributed by atoms with Gasteiger partial charge in [-0.05, 0) is 48.8 Å². The summed E-state index contributed by atoms with van der Waals surface area (Å²) in [6, 6.07) is 12.8. The lowest BCUT2D eigenvalue weighted by Crippen LogP contribution is -2.11. The molecule has 0 spiro atoms. The lowest BCUT2D eigenvalue weighted by atomic mass is 9.79. The van der Waals surface area contributed by atoms with E-state index in [1.807, 2.05) is 18.2 Å². The Morgan fingerprint density at radius 1 is 1.00 bits per heavy atom. The average molecular weight is 310 g/mol. The molecule has 1 aliphatic rings. The molecule has 0 unspecified atom stereocenters. The first-order valence-electron chi connectivity index (χ1n) is 8.45. The second-order valence-electron chi connectivity index (χ2n) is 6.83. The van der Waals surface area contributed by atoms with E-state index in [-0.39, 0.29) is 11.6 Å². The molecule has 120 valence electrons. The van der Waals surface area contributed by atoms with Gasteiger partial charge in [0.25, 0.3) is 0 Å².